The lowest BCUT2D eigenvalue weighted by atomic mass is 10.0. The Morgan fingerprint density at radius 1 is 1.11 bits per heavy atom. The molecule has 1 aliphatic rings. The Morgan fingerprint density at radius 2 is 2.00 bits per heavy atom. The van der Waals surface area contributed by atoms with Crippen LogP contribution in [0.4, 0.5) is 0 Å². The molecule has 0 fully saturated rings. The normalized spacial score (nSPS) is 12.8. The second-order valence-electron chi connectivity index (χ2n) is 6.56. The molecule has 8 nitrogen and oxygen atoms in total. The number of methoxy groups -OCH3 is 1. The molecule has 0 spiro atoms. The SMILES string of the molecule is COc1ncc(-c2cnc(CCc3cccc4c3CCO4)n3cnnc23)cn1. The van der Waals surface area contributed by atoms with Crippen molar-refractivity contribution in [2.45, 2.75) is 19.3 Å². The first-order valence-corrected chi connectivity index (χ1v) is 9.11. The lowest BCUT2D eigenvalue weighted by molar-refractivity contribution is 0.357. The van der Waals surface area contributed by atoms with E-state index in [2.05, 4.69) is 31.2 Å². The number of hydrogen-bond acceptors (Lipinski definition) is 7. The van der Waals surface area contributed by atoms with Gasteiger partial charge in [0, 0.05) is 48.1 Å². The minimum atomic E-state index is 0.324. The Hall–Kier alpha value is -3.55. The summed E-state index contributed by atoms with van der Waals surface area (Å²) < 4.78 is 12.6. The maximum Gasteiger partial charge on any atom is 0.316 e. The molecule has 1 aliphatic heterocycles. The van der Waals surface area contributed by atoms with Crippen LogP contribution < -0.4 is 9.47 Å². The van der Waals surface area contributed by atoms with Gasteiger partial charge in [0.25, 0.3) is 0 Å². The predicted molar refractivity (Wildman–Crippen MR) is 101 cm³/mol. The lowest BCUT2D eigenvalue weighted by Gasteiger charge is -2.09. The molecule has 0 saturated carbocycles. The van der Waals surface area contributed by atoms with E-state index in [1.54, 1.807) is 18.7 Å². The van der Waals surface area contributed by atoms with Crippen LogP contribution in [-0.2, 0) is 19.3 Å². The Labute approximate surface area is 161 Å². The van der Waals surface area contributed by atoms with Gasteiger partial charge < -0.3 is 9.47 Å². The molecule has 0 N–H and O–H groups in total. The van der Waals surface area contributed by atoms with Crippen LogP contribution >= 0.6 is 0 Å². The van der Waals surface area contributed by atoms with E-state index in [1.165, 1.54) is 18.2 Å². The zero-order valence-electron chi connectivity index (χ0n) is 15.4. The van der Waals surface area contributed by atoms with Gasteiger partial charge >= 0.3 is 6.01 Å². The second kappa shape index (κ2) is 6.88. The van der Waals surface area contributed by atoms with Crippen molar-refractivity contribution in [1.82, 2.24) is 29.5 Å². The van der Waals surface area contributed by atoms with Gasteiger partial charge in [0.1, 0.15) is 17.9 Å². The molecule has 5 rings (SSSR count). The topological polar surface area (TPSA) is 87.3 Å². The molecule has 0 amide bonds. The largest absolute Gasteiger partial charge is 0.493 e. The monoisotopic (exact) mass is 374 g/mol. The van der Waals surface area contributed by atoms with Crippen LogP contribution in [0.3, 0.4) is 0 Å². The molecule has 1 aromatic carbocycles. The molecule has 0 aliphatic carbocycles. The molecule has 8 heteroatoms. The van der Waals surface area contributed by atoms with Crippen molar-refractivity contribution in [1.29, 1.82) is 0 Å². The van der Waals surface area contributed by atoms with Crippen molar-refractivity contribution < 1.29 is 9.47 Å². The highest BCUT2D eigenvalue weighted by Crippen LogP contribution is 2.29. The Kier molecular flexibility index (Phi) is 4.08. The van der Waals surface area contributed by atoms with Crippen molar-refractivity contribution in [3.05, 3.63) is 60.1 Å². The fourth-order valence-corrected chi connectivity index (χ4v) is 3.59. The number of nitrogens with zero attached hydrogens (tertiary/aromatic N) is 6. The Morgan fingerprint density at radius 3 is 2.86 bits per heavy atom. The van der Waals surface area contributed by atoms with E-state index in [4.69, 9.17) is 9.47 Å². The van der Waals surface area contributed by atoms with Crippen LogP contribution in [0.15, 0.2) is 43.1 Å². The summed E-state index contributed by atoms with van der Waals surface area (Å²) in [5.41, 5.74) is 5.01. The summed E-state index contributed by atoms with van der Waals surface area (Å²) in [5.74, 6) is 1.92. The minimum absolute atomic E-state index is 0.324. The third-order valence-electron chi connectivity index (χ3n) is 4.99. The summed E-state index contributed by atoms with van der Waals surface area (Å²) in [4.78, 5) is 13.0. The quantitative estimate of drug-likeness (QED) is 0.530. The fourth-order valence-electron chi connectivity index (χ4n) is 3.59. The summed E-state index contributed by atoms with van der Waals surface area (Å²) in [6.45, 7) is 0.763. The first-order chi connectivity index (χ1) is 13.8. The molecule has 0 saturated heterocycles. The lowest BCUT2D eigenvalue weighted by Crippen LogP contribution is -2.05. The molecule has 0 atom stereocenters. The van der Waals surface area contributed by atoms with Crippen LogP contribution in [0.2, 0.25) is 0 Å². The molecule has 140 valence electrons. The summed E-state index contributed by atoms with van der Waals surface area (Å²) in [6.07, 6.45) is 9.54. The molecule has 28 heavy (non-hydrogen) atoms. The van der Waals surface area contributed by atoms with E-state index < -0.39 is 0 Å². The first kappa shape index (κ1) is 16.6. The summed E-state index contributed by atoms with van der Waals surface area (Å²) in [6, 6.07) is 6.58. The Balaban J connectivity index is 1.45. The number of ether oxygens (including phenoxy) is 2. The number of fused-ring (bicyclic) bond motifs is 2. The highest BCUT2D eigenvalue weighted by molar-refractivity contribution is 5.75. The van der Waals surface area contributed by atoms with Crippen molar-refractivity contribution in [3.63, 3.8) is 0 Å². The van der Waals surface area contributed by atoms with E-state index in [-0.39, 0.29) is 0 Å². The van der Waals surface area contributed by atoms with Crippen LogP contribution in [-0.4, -0.2) is 43.3 Å². The van der Waals surface area contributed by atoms with E-state index in [9.17, 15) is 0 Å². The standard InChI is InChI=1S/C20H18N6O2/c1-27-20-22-9-14(10-23-20)16-11-21-18(26-12-24-25-19(16)26)6-5-13-3-2-4-17-15(13)7-8-28-17/h2-4,9-12H,5-8H2,1H3. The van der Waals surface area contributed by atoms with Gasteiger partial charge in [0.15, 0.2) is 5.65 Å². The molecule has 4 aromatic rings. The van der Waals surface area contributed by atoms with Gasteiger partial charge in [0.2, 0.25) is 0 Å². The third-order valence-corrected chi connectivity index (χ3v) is 4.99. The average Bonchev–Trinajstić information content (AvgIpc) is 3.42. The number of rotatable bonds is 5. The smallest absolute Gasteiger partial charge is 0.316 e. The maximum absolute atomic E-state index is 5.67. The van der Waals surface area contributed by atoms with E-state index in [1.807, 2.05) is 22.7 Å². The Bertz CT molecular complexity index is 1140. The van der Waals surface area contributed by atoms with Crippen molar-refractivity contribution in [3.8, 4) is 22.9 Å². The number of benzene rings is 1. The van der Waals surface area contributed by atoms with Crippen LogP contribution in [0.25, 0.3) is 16.8 Å². The molecule has 0 bridgehead atoms. The van der Waals surface area contributed by atoms with E-state index >= 15 is 0 Å². The summed E-state index contributed by atoms with van der Waals surface area (Å²) in [5, 5.41) is 8.36. The van der Waals surface area contributed by atoms with Crippen molar-refractivity contribution in [2.24, 2.45) is 0 Å². The fraction of sp³-hybridized carbons (Fsp3) is 0.250. The summed E-state index contributed by atoms with van der Waals surface area (Å²) >= 11 is 0. The van der Waals surface area contributed by atoms with Gasteiger partial charge in [-0.2, -0.15) is 0 Å². The van der Waals surface area contributed by atoms with Gasteiger partial charge in [-0.1, -0.05) is 12.1 Å². The van der Waals surface area contributed by atoms with Crippen LogP contribution in [0.1, 0.15) is 17.0 Å². The van der Waals surface area contributed by atoms with E-state index in [0.29, 0.717) is 6.01 Å². The molecule has 0 unspecified atom stereocenters. The third kappa shape index (κ3) is 2.83. The van der Waals surface area contributed by atoms with Gasteiger partial charge in [-0.05, 0) is 18.1 Å². The zero-order valence-corrected chi connectivity index (χ0v) is 15.4. The van der Waals surface area contributed by atoms with Gasteiger partial charge in [0.05, 0.1) is 13.7 Å². The predicted octanol–water partition coefficient (Wildman–Crippen LogP) is 2.31. The highest BCUT2D eigenvalue weighted by Gasteiger charge is 2.17. The maximum atomic E-state index is 5.67. The molecular weight excluding hydrogens is 356 g/mol. The molecular formula is C20H18N6O2. The minimum Gasteiger partial charge on any atom is -0.493 e. The molecule has 0 radical (unpaired) electrons. The zero-order chi connectivity index (χ0) is 18.9. The van der Waals surface area contributed by atoms with Crippen molar-refractivity contribution >= 4 is 5.65 Å². The second-order valence-corrected chi connectivity index (χ2v) is 6.56. The van der Waals surface area contributed by atoms with E-state index in [0.717, 1.165) is 54.2 Å². The average molecular weight is 374 g/mol. The van der Waals surface area contributed by atoms with Crippen molar-refractivity contribution in [2.75, 3.05) is 13.7 Å². The number of hydrogen-bond donors (Lipinski definition) is 0. The van der Waals surface area contributed by atoms with Gasteiger partial charge in [-0.15, -0.1) is 10.2 Å². The summed E-state index contributed by atoms with van der Waals surface area (Å²) in [7, 11) is 1.54. The highest BCUT2D eigenvalue weighted by atomic mass is 16.5. The molecule has 4 heterocycles. The van der Waals surface area contributed by atoms with Gasteiger partial charge in [-0.3, -0.25) is 4.40 Å². The molecule has 3 aromatic heterocycles. The number of aryl methyl sites for hydroxylation is 2. The van der Waals surface area contributed by atoms with Crippen LogP contribution in [0, 0.1) is 0 Å². The van der Waals surface area contributed by atoms with Crippen LogP contribution in [0.5, 0.6) is 11.8 Å². The van der Waals surface area contributed by atoms with Gasteiger partial charge in [-0.25, -0.2) is 15.0 Å². The first-order valence-electron chi connectivity index (χ1n) is 9.11. The number of aromatic nitrogens is 6.